The van der Waals surface area contributed by atoms with E-state index in [4.69, 9.17) is 0 Å². The Balaban J connectivity index is 1.31. The summed E-state index contributed by atoms with van der Waals surface area (Å²) in [6, 6.07) is 0.464. The zero-order valence-corrected chi connectivity index (χ0v) is 14.3. The maximum Gasteiger partial charge on any atom is 0.225 e. The van der Waals surface area contributed by atoms with E-state index in [1.807, 2.05) is 12.4 Å². The first-order chi connectivity index (χ1) is 11.8. The molecule has 1 aliphatic carbocycles. The molecule has 24 heavy (non-hydrogen) atoms. The van der Waals surface area contributed by atoms with Crippen molar-refractivity contribution in [1.82, 2.24) is 15.3 Å². The number of piperidine rings is 2. The topological polar surface area (TPSA) is 61.4 Å². The summed E-state index contributed by atoms with van der Waals surface area (Å²) in [6.07, 6.45) is 11.8. The number of carbonyl (C=O) groups excluding carboxylic acids is 1. The van der Waals surface area contributed by atoms with Crippen LogP contribution in [0.1, 0.15) is 44.9 Å². The van der Waals surface area contributed by atoms with Crippen LogP contribution < -0.4 is 15.1 Å². The zero-order valence-electron chi connectivity index (χ0n) is 14.3. The standard InChI is InChI=1S/C18H27N5O/c24-17(21-15-4-5-15)14-6-10-22(11-7-14)16-12-19-18(20-13-16)23-8-2-1-3-9-23/h12-15H,1-11H2,(H,21,24). The van der Waals surface area contributed by atoms with Crippen LogP contribution in [-0.2, 0) is 4.79 Å². The van der Waals surface area contributed by atoms with E-state index in [1.165, 1.54) is 19.3 Å². The number of anilines is 2. The van der Waals surface area contributed by atoms with Crippen molar-refractivity contribution in [3.05, 3.63) is 12.4 Å². The molecule has 2 saturated heterocycles. The number of rotatable bonds is 4. The highest BCUT2D eigenvalue weighted by Crippen LogP contribution is 2.25. The molecule has 1 aromatic rings. The molecule has 0 aromatic carbocycles. The van der Waals surface area contributed by atoms with Gasteiger partial charge in [-0.15, -0.1) is 0 Å². The Hall–Kier alpha value is -1.85. The third-order valence-corrected chi connectivity index (χ3v) is 5.42. The third kappa shape index (κ3) is 3.62. The normalized spacial score (nSPS) is 22.5. The molecular formula is C18H27N5O. The lowest BCUT2D eigenvalue weighted by Gasteiger charge is -2.33. The highest BCUT2D eigenvalue weighted by Gasteiger charge is 2.30. The summed E-state index contributed by atoms with van der Waals surface area (Å²) < 4.78 is 0. The van der Waals surface area contributed by atoms with Gasteiger partial charge in [-0.2, -0.15) is 0 Å². The molecule has 3 heterocycles. The fourth-order valence-electron chi connectivity index (χ4n) is 3.68. The van der Waals surface area contributed by atoms with E-state index in [-0.39, 0.29) is 11.8 Å². The second kappa shape index (κ2) is 6.95. The Morgan fingerprint density at radius 1 is 0.917 bits per heavy atom. The van der Waals surface area contributed by atoms with Crippen molar-refractivity contribution in [3.8, 4) is 0 Å². The van der Waals surface area contributed by atoms with E-state index in [9.17, 15) is 4.79 Å². The van der Waals surface area contributed by atoms with Crippen molar-refractivity contribution in [3.63, 3.8) is 0 Å². The largest absolute Gasteiger partial charge is 0.369 e. The maximum atomic E-state index is 12.2. The molecule has 3 aliphatic rings. The monoisotopic (exact) mass is 329 g/mol. The summed E-state index contributed by atoms with van der Waals surface area (Å²) in [5, 5.41) is 3.13. The fourth-order valence-corrected chi connectivity index (χ4v) is 3.68. The van der Waals surface area contributed by atoms with Gasteiger partial charge in [-0.05, 0) is 44.9 Å². The number of amides is 1. The van der Waals surface area contributed by atoms with Crippen molar-refractivity contribution in [1.29, 1.82) is 0 Å². The fraction of sp³-hybridized carbons (Fsp3) is 0.722. The zero-order chi connectivity index (χ0) is 16.4. The maximum absolute atomic E-state index is 12.2. The van der Waals surface area contributed by atoms with Gasteiger partial charge in [-0.25, -0.2) is 9.97 Å². The van der Waals surface area contributed by atoms with Gasteiger partial charge in [0.1, 0.15) is 0 Å². The molecule has 4 rings (SSSR count). The van der Waals surface area contributed by atoms with E-state index in [0.29, 0.717) is 6.04 Å². The Morgan fingerprint density at radius 3 is 2.21 bits per heavy atom. The van der Waals surface area contributed by atoms with Crippen LogP contribution in [0.5, 0.6) is 0 Å². The Morgan fingerprint density at radius 2 is 1.58 bits per heavy atom. The van der Waals surface area contributed by atoms with Gasteiger partial charge in [-0.1, -0.05) is 0 Å². The van der Waals surface area contributed by atoms with Crippen molar-refractivity contribution in [2.75, 3.05) is 36.0 Å². The summed E-state index contributed by atoms with van der Waals surface area (Å²) in [4.78, 5) is 25.9. The van der Waals surface area contributed by atoms with Crippen LogP contribution in [0.3, 0.4) is 0 Å². The summed E-state index contributed by atoms with van der Waals surface area (Å²) in [5.41, 5.74) is 1.08. The summed E-state index contributed by atoms with van der Waals surface area (Å²) >= 11 is 0. The van der Waals surface area contributed by atoms with Crippen molar-refractivity contribution >= 4 is 17.5 Å². The number of hydrogen-bond acceptors (Lipinski definition) is 5. The lowest BCUT2D eigenvalue weighted by atomic mass is 9.95. The average Bonchev–Trinajstić information content (AvgIpc) is 3.47. The molecule has 6 nitrogen and oxygen atoms in total. The molecule has 3 fully saturated rings. The molecule has 0 spiro atoms. The Kier molecular flexibility index (Phi) is 4.54. The highest BCUT2D eigenvalue weighted by molar-refractivity contribution is 5.79. The predicted molar refractivity (Wildman–Crippen MR) is 94.2 cm³/mol. The van der Waals surface area contributed by atoms with Gasteiger partial charge >= 0.3 is 0 Å². The minimum absolute atomic E-state index is 0.176. The van der Waals surface area contributed by atoms with Gasteiger partial charge in [0.25, 0.3) is 0 Å². The van der Waals surface area contributed by atoms with Gasteiger partial charge in [0.2, 0.25) is 11.9 Å². The molecule has 0 radical (unpaired) electrons. The smallest absolute Gasteiger partial charge is 0.225 e. The number of nitrogens with one attached hydrogen (secondary N) is 1. The third-order valence-electron chi connectivity index (χ3n) is 5.42. The van der Waals surface area contributed by atoms with Crippen molar-refractivity contribution < 1.29 is 4.79 Å². The van der Waals surface area contributed by atoms with Crippen molar-refractivity contribution in [2.24, 2.45) is 5.92 Å². The lowest BCUT2D eigenvalue weighted by molar-refractivity contribution is -0.125. The van der Waals surface area contributed by atoms with Crippen molar-refractivity contribution in [2.45, 2.75) is 51.0 Å². The number of nitrogens with zero attached hydrogens (tertiary/aromatic N) is 4. The van der Waals surface area contributed by atoms with Crippen LogP contribution in [-0.4, -0.2) is 48.1 Å². The number of aromatic nitrogens is 2. The molecule has 1 aromatic heterocycles. The van der Waals surface area contributed by atoms with Gasteiger partial charge in [0.15, 0.2) is 0 Å². The summed E-state index contributed by atoms with van der Waals surface area (Å²) in [5.74, 6) is 1.29. The minimum Gasteiger partial charge on any atom is -0.369 e. The van der Waals surface area contributed by atoms with E-state index >= 15 is 0 Å². The second-order valence-corrected chi connectivity index (χ2v) is 7.33. The minimum atomic E-state index is 0.176. The van der Waals surface area contributed by atoms with E-state index in [1.54, 1.807) is 0 Å². The van der Waals surface area contributed by atoms with Crippen LogP contribution >= 0.6 is 0 Å². The molecule has 0 unspecified atom stereocenters. The number of hydrogen-bond donors (Lipinski definition) is 1. The van der Waals surface area contributed by atoms with Gasteiger partial charge in [0.05, 0.1) is 18.1 Å². The lowest BCUT2D eigenvalue weighted by Crippen LogP contribution is -2.41. The first-order valence-electron chi connectivity index (χ1n) is 9.42. The van der Waals surface area contributed by atoms with Crippen LogP contribution in [0.15, 0.2) is 12.4 Å². The number of carbonyl (C=O) groups is 1. The molecule has 1 N–H and O–H groups in total. The molecule has 130 valence electrons. The quantitative estimate of drug-likeness (QED) is 0.915. The average molecular weight is 329 g/mol. The Labute approximate surface area is 143 Å². The molecule has 1 saturated carbocycles. The summed E-state index contributed by atoms with van der Waals surface area (Å²) in [7, 11) is 0. The molecular weight excluding hydrogens is 302 g/mol. The van der Waals surface area contributed by atoms with Gasteiger partial charge in [0, 0.05) is 38.1 Å². The Bertz CT molecular complexity index is 557. The molecule has 1 amide bonds. The van der Waals surface area contributed by atoms with Gasteiger partial charge in [-0.3, -0.25) is 4.79 Å². The summed E-state index contributed by atoms with van der Waals surface area (Å²) in [6.45, 7) is 3.96. The first-order valence-corrected chi connectivity index (χ1v) is 9.42. The van der Waals surface area contributed by atoms with E-state index in [0.717, 1.165) is 63.5 Å². The molecule has 6 heteroatoms. The highest BCUT2D eigenvalue weighted by atomic mass is 16.2. The van der Waals surface area contributed by atoms with Gasteiger partial charge < -0.3 is 15.1 Å². The van der Waals surface area contributed by atoms with Crippen LogP contribution in [0.4, 0.5) is 11.6 Å². The van der Waals surface area contributed by atoms with E-state index < -0.39 is 0 Å². The van der Waals surface area contributed by atoms with E-state index in [2.05, 4.69) is 25.1 Å². The molecule has 0 atom stereocenters. The second-order valence-electron chi connectivity index (χ2n) is 7.33. The van der Waals surface area contributed by atoms with Crippen LogP contribution in [0, 0.1) is 5.92 Å². The van der Waals surface area contributed by atoms with Crippen LogP contribution in [0.2, 0.25) is 0 Å². The molecule has 2 aliphatic heterocycles. The predicted octanol–water partition coefficient (Wildman–Crippen LogP) is 1.96. The van der Waals surface area contributed by atoms with Crippen LogP contribution in [0.25, 0.3) is 0 Å². The SMILES string of the molecule is O=C(NC1CC1)C1CCN(c2cnc(N3CCCCC3)nc2)CC1. The first kappa shape index (κ1) is 15.7. The molecule has 0 bridgehead atoms.